The number of tetrazole rings is 1. The molecule has 3 aromatic rings. The molecule has 2 aromatic carbocycles. The second-order valence-electron chi connectivity index (χ2n) is 5.76. The molecule has 0 saturated carbocycles. The summed E-state index contributed by atoms with van der Waals surface area (Å²) in [6, 6.07) is 9.68. The number of nitrogens with zero attached hydrogens (tertiary/aromatic N) is 4. The van der Waals surface area contributed by atoms with Crippen molar-refractivity contribution in [2.24, 2.45) is 5.14 Å². The predicted octanol–water partition coefficient (Wildman–Crippen LogP) is 0.727. The van der Waals surface area contributed by atoms with Crippen LogP contribution >= 0.6 is 0 Å². The third kappa shape index (κ3) is 3.97. The van der Waals surface area contributed by atoms with Crippen molar-refractivity contribution in [3.63, 3.8) is 0 Å². The van der Waals surface area contributed by atoms with Gasteiger partial charge in [0.05, 0.1) is 21.2 Å². The number of hydrogen-bond acceptors (Lipinski definition) is 7. The van der Waals surface area contributed by atoms with E-state index in [-0.39, 0.29) is 15.5 Å². The van der Waals surface area contributed by atoms with Crippen molar-refractivity contribution in [1.29, 1.82) is 0 Å². The fraction of sp³-hybridized carbons (Fsp3) is 0.133. The minimum atomic E-state index is -4.04. The fourth-order valence-electron chi connectivity index (χ4n) is 2.39. The molecule has 1 aromatic heterocycles. The summed E-state index contributed by atoms with van der Waals surface area (Å²) in [6.07, 6.45) is 0. The Morgan fingerprint density at radius 3 is 2.33 bits per heavy atom. The first-order valence-electron chi connectivity index (χ1n) is 7.59. The summed E-state index contributed by atoms with van der Waals surface area (Å²) < 4.78 is 52.1. The van der Waals surface area contributed by atoms with Crippen LogP contribution in [0.3, 0.4) is 0 Å². The molecular formula is C15H16N6O4S2. The lowest BCUT2D eigenvalue weighted by molar-refractivity contribution is 0.597. The van der Waals surface area contributed by atoms with Gasteiger partial charge >= 0.3 is 0 Å². The molecule has 0 aliphatic carbocycles. The van der Waals surface area contributed by atoms with Gasteiger partial charge in [-0.15, -0.1) is 5.10 Å². The predicted molar refractivity (Wildman–Crippen MR) is 97.3 cm³/mol. The van der Waals surface area contributed by atoms with E-state index in [1.807, 2.05) is 6.92 Å². The van der Waals surface area contributed by atoms with Crippen LogP contribution in [0.2, 0.25) is 0 Å². The molecular weight excluding hydrogens is 392 g/mol. The molecule has 0 spiro atoms. The highest BCUT2D eigenvalue weighted by molar-refractivity contribution is 7.93. The summed E-state index contributed by atoms with van der Waals surface area (Å²) in [5, 5.41) is 16.3. The van der Waals surface area contributed by atoms with Crippen LogP contribution in [-0.4, -0.2) is 37.0 Å². The summed E-state index contributed by atoms with van der Waals surface area (Å²) in [6.45, 7) is 3.55. The van der Waals surface area contributed by atoms with E-state index in [0.29, 0.717) is 11.5 Å². The average molecular weight is 408 g/mol. The minimum absolute atomic E-state index is 0.227. The van der Waals surface area contributed by atoms with Crippen molar-refractivity contribution in [3.05, 3.63) is 53.9 Å². The van der Waals surface area contributed by atoms with Crippen molar-refractivity contribution in [3.8, 4) is 5.69 Å². The molecule has 27 heavy (non-hydrogen) atoms. The van der Waals surface area contributed by atoms with Crippen molar-refractivity contribution in [2.45, 2.75) is 23.6 Å². The van der Waals surface area contributed by atoms with Gasteiger partial charge in [-0.3, -0.25) is 4.72 Å². The third-order valence-corrected chi connectivity index (χ3v) is 6.05. The number of hydrogen-bond donors (Lipinski definition) is 2. The number of rotatable bonds is 5. The van der Waals surface area contributed by atoms with Crippen molar-refractivity contribution in [2.75, 3.05) is 4.72 Å². The number of benzene rings is 2. The molecule has 0 aliphatic heterocycles. The van der Waals surface area contributed by atoms with Crippen LogP contribution in [0.1, 0.15) is 11.4 Å². The highest BCUT2D eigenvalue weighted by Crippen LogP contribution is 2.23. The normalized spacial score (nSPS) is 12.1. The van der Waals surface area contributed by atoms with E-state index in [4.69, 9.17) is 5.14 Å². The Morgan fingerprint density at radius 1 is 1.00 bits per heavy atom. The van der Waals surface area contributed by atoms with Crippen molar-refractivity contribution >= 4 is 25.7 Å². The van der Waals surface area contributed by atoms with E-state index in [9.17, 15) is 16.8 Å². The largest absolute Gasteiger partial charge is 0.280 e. The highest BCUT2D eigenvalue weighted by atomic mass is 32.2. The number of sulfonamides is 2. The van der Waals surface area contributed by atoms with Crippen LogP contribution in [0, 0.1) is 13.8 Å². The first kappa shape index (κ1) is 18.9. The minimum Gasteiger partial charge on any atom is -0.280 e. The maximum absolute atomic E-state index is 12.6. The summed E-state index contributed by atoms with van der Waals surface area (Å²) >= 11 is 0. The highest BCUT2D eigenvalue weighted by Gasteiger charge is 2.18. The number of aromatic nitrogens is 4. The molecule has 0 amide bonds. The molecule has 10 nitrogen and oxygen atoms in total. The van der Waals surface area contributed by atoms with Gasteiger partial charge in [-0.25, -0.2) is 22.0 Å². The topological polar surface area (TPSA) is 150 Å². The van der Waals surface area contributed by atoms with Crippen LogP contribution in [0.25, 0.3) is 5.69 Å². The first-order chi connectivity index (χ1) is 12.6. The van der Waals surface area contributed by atoms with Crippen LogP contribution in [0.4, 0.5) is 5.69 Å². The van der Waals surface area contributed by atoms with Crippen LogP contribution in [-0.2, 0) is 20.0 Å². The molecule has 0 radical (unpaired) electrons. The maximum atomic E-state index is 12.6. The van der Waals surface area contributed by atoms with Crippen LogP contribution in [0.5, 0.6) is 0 Å². The van der Waals surface area contributed by atoms with Crippen LogP contribution in [0.15, 0.2) is 52.3 Å². The zero-order valence-corrected chi connectivity index (χ0v) is 16.0. The van der Waals surface area contributed by atoms with E-state index in [1.165, 1.54) is 22.9 Å². The Bertz CT molecular complexity index is 1220. The molecule has 0 saturated heterocycles. The van der Waals surface area contributed by atoms with Gasteiger partial charge in [-0.1, -0.05) is 12.1 Å². The number of anilines is 1. The summed E-state index contributed by atoms with van der Waals surface area (Å²) in [5.41, 5.74) is 1.71. The van der Waals surface area contributed by atoms with Gasteiger partial charge in [0.15, 0.2) is 5.82 Å². The van der Waals surface area contributed by atoms with E-state index in [2.05, 4.69) is 20.2 Å². The quantitative estimate of drug-likeness (QED) is 0.631. The monoisotopic (exact) mass is 408 g/mol. The standard InChI is InChI=1S/C15H16N6O4S2/c1-10-6-7-12(8-15(10)21-11(2)17-19-20-21)18-27(24,25)14-5-3-4-13(9-14)26(16,22)23/h3-9,18H,1-2H3,(H2,16,22,23). The lowest BCUT2D eigenvalue weighted by Crippen LogP contribution is -2.16. The smallest absolute Gasteiger partial charge is 0.261 e. The van der Waals surface area contributed by atoms with Gasteiger partial charge in [0.2, 0.25) is 10.0 Å². The van der Waals surface area contributed by atoms with E-state index in [0.717, 1.165) is 11.6 Å². The Balaban J connectivity index is 1.99. The average Bonchev–Trinajstić information content (AvgIpc) is 3.01. The molecule has 0 aliphatic rings. The van der Waals surface area contributed by atoms with Crippen LogP contribution < -0.4 is 9.86 Å². The second-order valence-corrected chi connectivity index (χ2v) is 9.01. The van der Waals surface area contributed by atoms with Crippen molar-refractivity contribution in [1.82, 2.24) is 20.2 Å². The Hall–Kier alpha value is -2.83. The zero-order valence-electron chi connectivity index (χ0n) is 14.4. The molecule has 0 unspecified atom stereocenters. The maximum Gasteiger partial charge on any atom is 0.261 e. The number of nitrogens with one attached hydrogen (secondary N) is 1. The van der Waals surface area contributed by atoms with Gasteiger partial charge < -0.3 is 0 Å². The van der Waals surface area contributed by atoms with E-state index < -0.39 is 20.0 Å². The van der Waals surface area contributed by atoms with E-state index in [1.54, 1.807) is 25.1 Å². The van der Waals surface area contributed by atoms with Crippen molar-refractivity contribution < 1.29 is 16.8 Å². The lowest BCUT2D eigenvalue weighted by atomic mass is 10.2. The molecule has 12 heteroatoms. The lowest BCUT2D eigenvalue weighted by Gasteiger charge is -2.12. The van der Waals surface area contributed by atoms with Gasteiger partial charge in [-0.05, 0) is 60.2 Å². The molecule has 0 bridgehead atoms. The molecule has 0 atom stereocenters. The second kappa shape index (κ2) is 6.72. The number of primary sulfonamides is 1. The fourth-order valence-corrected chi connectivity index (χ4v) is 4.12. The zero-order chi connectivity index (χ0) is 19.8. The third-order valence-electron chi connectivity index (χ3n) is 3.76. The molecule has 1 heterocycles. The first-order valence-corrected chi connectivity index (χ1v) is 10.6. The van der Waals surface area contributed by atoms with Gasteiger partial charge in [-0.2, -0.15) is 4.68 Å². The SMILES string of the molecule is Cc1ccc(NS(=O)(=O)c2cccc(S(N)(=O)=O)c2)cc1-n1nnnc1C. The summed E-state index contributed by atoms with van der Waals surface area (Å²) in [7, 11) is -8.06. The van der Waals surface area contributed by atoms with Gasteiger partial charge in [0, 0.05) is 0 Å². The Morgan fingerprint density at radius 2 is 1.70 bits per heavy atom. The molecule has 3 rings (SSSR count). The summed E-state index contributed by atoms with van der Waals surface area (Å²) in [5.74, 6) is 0.541. The van der Waals surface area contributed by atoms with E-state index >= 15 is 0 Å². The molecule has 142 valence electrons. The number of nitrogens with two attached hydrogens (primary N) is 1. The Labute approximate surface area is 156 Å². The Kier molecular flexibility index (Phi) is 4.71. The molecule has 0 fully saturated rings. The van der Waals surface area contributed by atoms with Gasteiger partial charge in [0.25, 0.3) is 10.0 Å². The summed E-state index contributed by atoms with van der Waals surface area (Å²) in [4.78, 5) is -0.519. The molecule has 3 N–H and O–H groups in total. The van der Waals surface area contributed by atoms with Gasteiger partial charge in [0.1, 0.15) is 0 Å². The number of aryl methyl sites for hydroxylation is 2.